The number of imidazole rings is 1. The standard InChI is InChI=1S/C20H29N3O2/c1-4-6-15-8-9-16(7-5-2)23(15)20(24)13-22-14-21-18-11-10-17(25-3)12-19(18)22/h10-12,14-16H,4-9,13H2,1-3H3/t15-,16+. The third-order valence-corrected chi connectivity index (χ3v) is 5.29. The first-order valence-electron chi connectivity index (χ1n) is 9.48. The molecule has 0 bridgehead atoms. The van der Waals surface area contributed by atoms with E-state index in [1.54, 1.807) is 13.4 Å². The molecule has 0 spiro atoms. The van der Waals surface area contributed by atoms with Gasteiger partial charge >= 0.3 is 0 Å². The van der Waals surface area contributed by atoms with E-state index in [0.717, 1.165) is 55.3 Å². The Hall–Kier alpha value is -2.04. The topological polar surface area (TPSA) is 47.4 Å². The Bertz CT molecular complexity index is 711. The summed E-state index contributed by atoms with van der Waals surface area (Å²) >= 11 is 0. The molecule has 5 heteroatoms. The van der Waals surface area contributed by atoms with Gasteiger partial charge in [-0.05, 0) is 37.8 Å². The Morgan fingerprint density at radius 2 is 1.88 bits per heavy atom. The lowest BCUT2D eigenvalue weighted by atomic mass is 10.1. The van der Waals surface area contributed by atoms with Gasteiger partial charge in [0, 0.05) is 18.2 Å². The molecule has 1 aromatic heterocycles. The molecule has 2 aromatic rings. The molecule has 1 amide bonds. The quantitative estimate of drug-likeness (QED) is 0.763. The molecular weight excluding hydrogens is 314 g/mol. The maximum atomic E-state index is 13.1. The minimum Gasteiger partial charge on any atom is -0.497 e. The van der Waals surface area contributed by atoms with E-state index < -0.39 is 0 Å². The fourth-order valence-electron chi connectivity index (χ4n) is 4.12. The molecule has 5 nitrogen and oxygen atoms in total. The molecule has 0 saturated carbocycles. The molecular formula is C20H29N3O2. The SMILES string of the molecule is CCC[C@@H]1CC[C@H](CCC)N1C(=O)Cn1cnc2ccc(OC)cc21. The number of benzene rings is 1. The summed E-state index contributed by atoms with van der Waals surface area (Å²) in [5, 5.41) is 0. The minimum absolute atomic E-state index is 0.219. The van der Waals surface area contributed by atoms with Crippen LogP contribution in [0.2, 0.25) is 0 Å². The summed E-state index contributed by atoms with van der Waals surface area (Å²) in [6.45, 7) is 4.75. The van der Waals surface area contributed by atoms with Crippen molar-refractivity contribution in [2.24, 2.45) is 0 Å². The van der Waals surface area contributed by atoms with Crippen molar-refractivity contribution < 1.29 is 9.53 Å². The first-order valence-corrected chi connectivity index (χ1v) is 9.48. The summed E-state index contributed by atoms with van der Waals surface area (Å²) in [5.41, 5.74) is 1.84. The van der Waals surface area contributed by atoms with Gasteiger partial charge in [-0.2, -0.15) is 0 Å². The van der Waals surface area contributed by atoms with Crippen LogP contribution in [-0.2, 0) is 11.3 Å². The summed E-state index contributed by atoms with van der Waals surface area (Å²) < 4.78 is 7.26. The molecule has 25 heavy (non-hydrogen) atoms. The van der Waals surface area contributed by atoms with E-state index in [2.05, 4.69) is 23.7 Å². The number of nitrogens with zero attached hydrogens (tertiary/aromatic N) is 3. The Balaban J connectivity index is 1.82. The van der Waals surface area contributed by atoms with E-state index >= 15 is 0 Å². The van der Waals surface area contributed by atoms with E-state index in [0.29, 0.717) is 18.6 Å². The van der Waals surface area contributed by atoms with Crippen LogP contribution >= 0.6 is 0 Å². The Morgan fingerprint density at radius 3 is 2.48 bits per heavy atom. The smallest absolute Gasteiger partial charge is 0.243 e. The zero-order chi connectivity index (χ0) is 17.8. The highest BCUT2D eigenvalue weighted by molar-refractivity contribution is 5.82. The molecule has 2 heterocycles. The van der Waals surface area contributed by atoms with Gasteiger partial charge in [0.25, 0.3) is 0 Å². The van der Waals surface area contributed by atoms with Crippen LogP contribution in [0, 0.1) is 0 Å². The zero-order valence-corrected chi connectivity index (χ0v) is 15.6. The Kier molecular flexibility index (Phi) is 5.61. The van der Waals surface area contributed by atoms with E-state index in [9.17, 15) is 4.79 Å². The fourth-order valence-corrected chi connectivity index (χ4v) is 4.12. The third kappa shape index (κ3) is 3.65. The predicted octanol–water partition coefficient (Wildman–Crippen LogP) is 4.00. The van der Waals surface area contributed by atoms with Crippen LogP contribution in [0.25, 0.3) is 11.0 Å². The zero-order valence-electron chi connectivity index (χ0n) is 15.6. The number of carbonyl (C=O) groups is 1. The molecule has 1 aromatic carbocycles. The average Bonchev–Trinajstić information content (AvgIpc) is 3.19. The van der Waals surface area contributed by atoms with Crippen LogP contribution in [0.1, 0.15) is 52.4 Å². The van der Waals surface area contributed by atoms with Gasteiger partial charge in [-0.1, -0.05) is 26.7 Å². The second-order valence-electron chi connectivity index (χ2n) is 6.99. The maximum Gasteiger partial charge on any atom is 0.243 e. The lowest BCUT2D eigenvalue weighted by Gasteiger charge is -2.30. The van der Waals surface area contributed by atoms with Crippen LogP contribution in [-0.4, -0.2) is 39.6 Å². The maximum absolute atomic E-state index is 13.1. The lowest BCUT2D eigenvalue weighted by Crippen LogP contribution is -2.42. The fraction of sp³-hybridized carbons (Fsp3) is 0.600. The highest BCUT2D eigenvalue weighted by Gasteiger charge is 2.35. The first kappa shape index (κ1) is 17.8. The second-order valence-corrected chi connectivity index (χ2v) is 6.99. The van der Waals surface area contributed by atoms with Crippen molar-refractivity contribution in [2.75, 3.05) is 7.11 Å². The minimum atomic E-state index is 0.219. The molecule has 0 N–H and O–H groups in total. The summed E-state index contributed by atoms with van der Waals surface area (Å²) in [7, 11) is 1.65. The molecule has 0 unspecified atom stereocenters. The summed E-state index contributed by atoms with van der Waals surface area (Å²) in [5.74, 6) is 1.01. The van der Waals surface area contributed by atoms with E-state index in [1.165, 1.54) is 0 Å². The van der Waals surface area contributed by atoms with Gasteiger partial charge in [-0.3, -0.25) is 4.79 Å². The number of fused-ring (bicyclic) bond motifs is 1. The number of ether oxygens (including phenoxy) is 1. The van der Waals surface area contributed by atoms with Gasteiger partial charge in [-0.15, -0.1) is 0 Å². The molecule has 2 atom stereocenters. The van der Waals surface area contributed by atoms with Gasteiger partial charge in [-0.25, -0.2) is 4.98 Å². The van der Waals surface area contributed by atoms with Crippen molar-refractivity contribution in [3.8, 4) is 5.75 Å². The van der Waals surface area contributed by atoms with Crippen LogP contribution in [0.4, 0.5) is 0 Å². The molecule has 0 aliphatic carbocycles. The van der Waals surface area contributed by atoms with Crippen molar-refractivity contribution in [2.45, 2.75) is 71.0 Å². The largest absolute Gasteiger partial charge is 0.497 e. The molecule has 136 valence electrons. The first-order chi connectivity index (χ1) is 12.2. The average molecular weight is 343 g/mol. The Labute approximate surface area is 150 Å². The summed E-state index contributed by atoms with van der Waals surface area (Å²) in [4.78, 5) is 19.7. The number of hydrogen-bond acceptors (Lipinski definition) is 3. The number of amides is 1. The lowest BCUT2D eigenvalue weighted by molar-refractivity contribution is -0.135. The van der Waals surface area contributed by atoms with Gasteiger partial charge in [0.1, 0.15) is 12.3 Å². The molecule has 1 aliphatic rings. The molecule has 0 radical (unpaired) electrons. The molecule has 1 fully saturated rings. The van der Waals surface area contributed by atoms with Crippen LogP contribution in [0.15, 0.2) is 24.5 Å². The summed E-state index contributed by atoms with van der Waals surface area (Å²) in [6.07, 6.45) is 8.50. The molecule has 1 aliphatic heterocycles. The van der Waals surface area contributed by atoms with Crippen LogP contribution in [0.3, 0.4) is 0 Å². The van der Waals surface area contributed by atoms with E-state index in [-0.39, 0.29) is 5.91 Å². The third-order valence-electron chi connectivity index (χ3n) is 5.29. The normalized spacial score (nSPS) is 20.4. The second kappa shape index (κ2) is 7.89. The number of likely N-dealkylation sites (tertiary alicyclic amines) is 1. The van der Waals surface area contributed by atoms with Crippen LogP contribution < -0.4 is 4.74 Å². The van der Waals surface area contributed by atoms with Crippen molar-refractivity contribution in [1.82, 2.24) is 14.5 Å². The predicted molar refractivity (Wildman–Crippen MR) is 99.8 cm³/mol. The van der Waals surface area contributed by atoms with E-state index in [4.69, 9.17) is 4.74 Å². The Morgan fingerprint density at radius 1 is 1.20 bits per heavy atom. The highest BCUT2D eigenvalue weighted by atomic mass is 16.5. The van der Waals surface area contributed by atoms with Crippen molar-refractivity contribution in [1.29, 1.82) is 0 Å². The van der Waals surface area contributed by atoms with E-state index in [1.807, 2.05) is 22.8 Å². The number of carbonyl (C=O) groups excluding carboxylic acids is 1. The van der Waals surface area contributed by atoms with Gasteiger partial charge < -0.3 is 14.2 Å². The number of aromatic nitrogens is 2. The van der Waals surface area contributed by atoms with Crippen LogP contribution in [0.5, 0.6) is 5.75 Å². The monoisotopic (exact) mass is 343 g/mol. The summed E-state index contributed by atoms with van der Waals surface area (Å²) in [6, 6.07) is 6.59. The van der Waals surface area contributed by atoms with Gasteiger partial charge in [0.2, 0.25) is 5.91 Å². The highest BCUT2D eigenvalue weighted by Crippen LogP contribution is 2.30. The number of methoxy groups -OCH3 is 1. The number of hydrogen-bond donors (Lipinski definition) is 0. The van der Waals surface area contributed by atoms with Crippen molar-refractivity contribution in [3.05, 3.63) is 24.5 Å². The van der Waals surface area contributed by atoms with Crippen molar-refractivity contribution >= 4 is 16.9 Å². The van der Waals surface area contributed by atoms with Gasteiger partial charge in [0.15, 0.2) is 0 Å². The van der Waals surface area contributed by atoms with Crippen molar-refractivity contribution in [3.63, 3.8) is 0 Å². The number of rotatable bonds is 7. The molecule has 3 rings (SSSR count). The van der Waals surface area contributed by atoms with Gasteiger partial charge in [0.05, 0.1) is 24.5 Å². The molecule has 1 saturated heterocycles.